The summed E-state index contributed by atoms with van der Waals surface area (Å²) in [4.78, 5) is 9.00. The van der Waals surface area contributed by atoms with Crippen LogP contribution in [0.2, 0.25) is 0 Å². The lowest BCUT2D eigenvalue weighted by molar-refractivity contribution is -0.134. The lowest BCUT2D eigenvalue weighted by Gasteiger charge is -2.02. The van der Waals surface area contributed by atoms with Gasteiger partial charge in [-0.3, -0.25) is 4.79 Å². The number of carbonyl (C=O) groups is 1. The number of rotatable bonds is 5. The smallest absolute Gasteiger partial charge is 0.300 e. The van der Waals surface area contributed by atoms with E-state index in [2.05, 4.69) is 6.92 Å². The molecule has 84 valence electrons. The summed E-state index contributed by atoms with van der Waals surface area (Å²) in [5.41, 5.74) is 0. The number of aliphatic hydroxyl groups excluding tert-OH is 1. The molecule has 2 N–H and O–H groups in total. The Morgan fingerprint density at radius 1 is 1.43 bits per heavy atom. The van der Waals surface area contributed by atoms with Crippen LogP contribution in [0.4, 0.5) is 0 Å². The largest absolute Gasteiger partial charge is 0.481 e. The third-order valence-electron chi connectivity index (χ3n) is 1.52. The molecule has 0 bridgehead atoms. The highest BCUT2D eigenvalue weighted by atomic mass is 16.4. The number of aliphatic hydroxyl groups is 1. The molecule has 3 nitrogen and oxygen atoms in total. The molecule has 0 aliphatic carbocycles. The summed E-state index contributed by atoms with van der Waals surface area (Å²) in [6.45, 7) is 5.19. The molecule has 1 atom stereocenters. The first kappa shape index (κ1) is 15.6. The maximum absolute atomic E-state index is 9.19. The molecule has 0 aromatic rings. The summed E-state index contributed by atoms with van der Waals surface area (Å²) in [5.74, 6) is -0.833. The average molecular weight is 202 g/mol. The average Bonchev–Trinajstić information content (AvgIpc) is 2.04. The van der Waals surface area contributed by atoms with Gasteiger partial charge in [0.15, 0.2) is 0 Å². The van der Waals surface area contributed by atoms with Crippen molar-refractivity contribution in [2.75, 3.05) is 0 Å². The number of hydrogen-bond acceptors (Lipinski definition) is 2. The van der Waals surface area contributed by atoms with Gasteiger partial charge in [-0.25, -0.2) is 0 Å². The molecule has 0 aliphatic heterocycles. The van der Waals surface area contributed by atoms with E-state index in [1.165, 1.54) is 12.8 Å². The van der Waals surface area contributed by atoms with E-state index in [1.807, 2.05) is 19.1 Å². The second-order valence-corrected chi connectivity index (χ2v) is 3.11. The van der Waals surface area contributed by atoms with Gasteiger partial charge in [-0.05, 0) is 13.3 Å². The molecule has 0 spiro atoms. The predicted octanol–water partition coefficient (Wildman–Crippen LogP) is 2.59. The van der Waals surface area contributed by atoms with Crippen LogP contribution in [0.15, 0.2) is 12.2 Å². The van der Waals surface area contributed by atoms with Crippen LogP contribution in [0.5, 0.6) is 0 Å². The fourth-order valence-corrected chi connectivity index (χ4v) is 0.922. The fraction of sp³-hybridized carbons (Fsp3) is 0.727. The van der Waals surface area contributed by atoms with Crippen LogP contribution in [-0.2, 0) is 4.79 Å². The van der Waals surface area contributed by atoms with E-state index in [1.54, 1.807) is 0 Å². The summed E-state index contributed by atoms with van der Waals surface area (Å²) < 4.78 is 0. The zero-order chi connectivity index (χ0) is 11.4. The van der Waals surface area contributed by atoms with Gasteiger partial charge in [0.2, 0.25) is 0 Å². The topological polar surface area (TPSA) is 57.5 Å². The van der Waals surface area contributed by atoms with Crippen molar-refractivity contribution in [3.8, 4) is 0 Å². The highest BCUT2D eigenvalue weighted by Crippen LogP contribution is 2.03. The van der Waals surface area contributed by atoms with Crippen molar-refractivity contribution in [3.05, 3.63) is 12.2 Å². The molecule has 14 heavy (non-hydrogen) atoms. The zero-order valence-electron chi connectivity index (χ0n) is 9.36. The normalized spacial score (nSPS) is 12.0. The number of carboxylic acids is 1. The van der Waals surface area contributed by atoms with Crippen molar-refractivity contribution >= 4 is 5.97 Å². The van der Waals surface area contributed by atoms with Crippen LogP contribution in [0.25, 0.3) is 0 Å². The molecule has 3 heteroatoms. The summed E-state index contributed by atoms with van der Waals surface area (Å²) in [6, 6.07) is 0. The fourth-order valence-electron chi connectivity index (χ4n) is 0.922. The summed E-state index contributed by atoms with van der Waals surface area (Å²) in [6.07, 6.45) is 8.04. The van der Waals surface area contributed by atoms with Gasteiger partial charge in [0.05, 0.1) is 6.10 Å². The first-order chi connectivity index (χ1) is 6.54. The molecule has 1 unspecified atom stereocenters. The standard InChI is InChI=1S/C9H18O.C2H4O2/c1-3-5-6-8-9(10)7-4-2;1-2(3)4/h4,7,9-10H,3,5-6,8H2,1-2H3;1H3,(H,3,4). The molecule has 0 aromatic heterocycles. The zero-order valence-corrected chi connectivity index (χ0v) is 9.36. The van der Waals surface area contributed by atoms with Crippen molar-refractivity contribution in [1.29, 1.82) is 0 Å². The van der Waals surface area contributed by atoms with E-state index in [-0.39, 0.29) is 6.10 Å². The van der Waals surface area contributed by atoms with Crippen molar-refractivity contribution in [1.82, 2.24) is 0 Å². The van der Waals surface area contributed by atoms with Crippen LogP contribution in [-0.4, -0.2) is 22.3 Å². The number of hydrogen-bond donors (Lipinski definition) is 2. The molecule has 0 aromatic carbocycles. The second-order valence-electron chi connectivity index (χ2n) is 3.11. The van der Waals surface area contributed by atoms with Crippen LogP contribution in [0.1, 0.15) is 46.5 Å². The lowest BCUT2D eigenvalue weighted by Crippen LogP contribution is -2.00. The molecule has 0 aliphatic rings. The Hall–Kier alpha value is -0.830. The van der Waals surface area contributed by atoms with Crippen LogP contribution < -0.4 is 0 Å². The molecular weight excluding hydrogens is 180 g/mol. The van der Waals surface area contributed by atoms with Crippen molar-refractivity contribution in [3.63, 3.8) is 0 Å². The van der Waals surface area contributed by atoms with Gasteiger partial charge in [0.1, 0.15) is 0 Å². The van der Waals surface area contributed by atoms with Gasteiger partial charge in [-0.15, -0.1) is 0 Å². The number of carboxylic acid groups (broad SMARTS) is 1. The first-order valence-electron chi connectivity index (χ1n) is 5.05. The Morgan fingerprint density at radius 2 is 1.93 bits per heavy atom. The van der Waals surface area contributed by atoms with Gasteiger partial charge in [0, 0.05) is 6.92 Å². The second kappa shape index (κ2) is 12.2. The highest BCUT2D eigenvalue weighted by Gasteiger charge is 1.95. The van der Waals surface area contributed by atoms with E-state index in [4.69, 9.17) is 9.90 Å². The Balaban J connectivity index is 0. The minimum atomic E-state index is -0.833. The Labute approximate surface area is 86.5 Å². The van der Waals surface area contributed by atoms with Crippen molar-refractivity contribution in [2.45, 2.75) is 52.6 Å². The maximum Gasteiger partial charge on any atom is 0.300 e. The number of allylic oxidation sites excluding steroid dienone is 1. The molecular formula is C11H22O3. The highest BCUT2D eigenvalue weighted by molar-refractivity contribution is 5.62. The van der Waals surface area contributed by atoms with Gasteiger partial charge in [-0.1, -0.05) is 38.3 Å². The first-order valence-corrected chi connectivity index (χ1v) is 5.05. The SMILES string of the molecule is CC(=O)O.CC=CC(O)CCCCC. The molecule has 0 radical (unpaired) electrons. The quantitative estimate of drug-likeness (QED) is 0.532. The minimum Gasteiger partial charge on any atom is -0.481 e. The van der Waals surface area contributed by atoms with Crippen LogP contribution >= 0.6 is 0 Å². The third kappa shape index (κ3) is 22.5. The number of aliphatic carboxylic acids is 1. The predicted molar refractivity (Wildman–Crippen MR) is 58.3 cm³/mol. The molecule has 0 rings (SSSR count). The molecule has 0 amide bonds. The third-order valence-corrected chi connectivity index (χ3v) is 1.52. The van der Waals surface area contributed by atoms with Crippen LogP contribution in [0, 0.1) is 0 Å². The monoisotopic (exact) mass is 202 g/mol. The molecule has 0 saturated heterocycles. The van der Waals surface area contributed by atoms with Gasteiger partial charge < -0.3 is 10.2 Å². The summed E-state index contributed by atoms with van der Waals surface area (Å²) >= 11 is 0. The maximum atomic E-state index is 9.19. The summed E-state index contributed by atoms with van der Waals surface area (Å²) in [5, 5.41) is 16.6. The molecule has 0 fully saturated rings. The van der Waals surface area contributed by atoms with E-state index in [9.17, 15) is 5.11 Å². The van der Waals surface area contributed by atoms with Gasteiger partial charge in [-0.2, -0.15) is 0 Å². The van der Waals surface area contributed by atoms with E-state index in [0.717, 1.165) is 19.8 Å². The Kier molecular flexibility index (Phi) is 13.6. The van der Waals surface area contributed by atoms with Crippen molar-refractivity contribution in [2.24, 2.45) is 0 Å². The van der Waals surface area contributed by atoms with E-state index < -0.39 is 5.97 Å². The van der Waals surface area contributed by atoms with Gasteiger partial charge in [0.25, 0.3) is 5.97 Å². The van der Waals surface area contributed by atoms with Crippen LogP contribution in [0.3, 0.4) is 0 Å². The Bertz CT molecular complexity index is 149. The minimum absolute atomic E-state index is 0.212. The lowest BCUT2D eigenvalue weighted by atomic mass is 10.1. The summed E-state index contributed by atoms with van der Waals surface area (Å²) in [7, 11) is 0. The van der Waals surface area contributed by atoms with Crippen molar-refractivity contribution < 1.29 is 15.0 Å². The molecule has 0 saturated carbocycles. The van der Waals surface area contributed by atoms with E-state index in [0.29, 0.717) is 0 Å². The van der Waals surface area contributed by atoms with Gasteiger partial charge >= 0.3 is 0 Å². The molecule has 0 heterocycles. The Morgan fingerprint density at radius 3 is 2.29 bits per heavy atom. The van der Waals surface area contributed by atoms with E-state index >= 15 is 0 Å². The number of unbranched alkanes of at least 4 members (excludes halogenated alkanes) is 2.